The molecule has 0 atom stereocenters. The van der Waals surface area contributed by atoms with Crippen molar-refractivity contribution in [3.63, 3.8) is 0 Å². The van der Waals surface area contributed by atoms with Crippen LogP contribution in [0.15, 0.2) is 30.3 Å². The summed E-state index contributed by atoms with van der Waals surface area (Å²) in [5.41, 5.74) is 0. The van der Waals surface area contributed by atoms with Gasteiger partial charge in [0.05, 0.1) is 0 Å². The van der Waals surface area contributed by atoms with Gasteiger partial charge in [-0.1, -0.05) is 0 Å². The quantitative estimate of drug-likeness (QED) is 0.429. The van der Waals surface area contributed by atoms with Crippen LogP contribution in [0.1, 0.15) is 12.8 Å². The maximum absolute atomic E-state index is 4.94. The molecule has 1 fully saturated rings. The summed E-state index contributed by atoms with van der Waals surface area (Å²) < 4.78 is 4.94. The van der Waals surface area contributed by atoms with Crippen molar-refractivity contribution in [3.05, 3.63) is 30.3 Å². The SMILES string of the molecule is C1CCOC1.[Cl-].[Cl-].[Cl-].[Zr+4].c1cc[cH-]c1. The summed E-state index contributed by atoms with van der Waals surface area (Å²) in [6, 6.07) is 10.0. The molecular formula is C9H13Cl3OZr. The fourth-order valence-corrected chi connectivity index (χ4v) is 0.831. The van der Waals surface area contributed by atoms with E-state index in [-0.39, 0.29) is 63.4 Å². The molecule has 1 aromatic carbocycles. The van der Waals surface area contributed by atoms with Gasteiger partial charge in [-0.05, 0) is 12.8 Å². The molecule has 1 nitrogen and oxygen atoms in total. The smallest absolute Gasteiger partial charge is 1.00 e. The van der Waals surface area contributed by atoms with Gasteiger partial charge in [0.15, 0.2) is 0 Å². The van der Waals surface area contributed by atoms with Crippen molar-refractivity contribution < 1.29 is 68.2 Å². The third kappa shape index (κ3) is 15.5. The second-order valence-corrected chi connectivity index (χ2v) is 2.28. The van der Waals surface area contributed by atoms with Crippen molar-refractivity contribution in [1.82, 2.24) is 0 Å². The Kier molecular flexibility index (Phi) is 34.1. The summed E-state index contributed by atoms with van der Waals surface area (Å²) in [6.07, 6.45) is 2.56. The van der Waals surface area contributed by atoms with E-state index >= 15 is 0 Å². The zero-order chi connectivity index (χ0) is 7.07. The number of ether oxygens (including phenoxy) is 1. The molecule has 0 bridgehead atoms. The Morgan fingerprint density at radius 1 is 0.857 bits per heavy atom. The Morgan fingerprint density at radius 2 is 1.29 bits per heavy atom. The van der Waals surface area contributed by atoms with Crippen LogP contribution in [-0.4, -0.2) is 13.2 Å². The Labute approximate surface area is 124 Å². The van der Waals surface area contributed by atoms with Crippen LogP contribution in [0.4, 0.5) is 0 Å². The Bertz CT molecular complexity index is 119. The van der Waals surface area contributed by atoms with E-state index in [1.165, 1.54) is 12.8 Å². The predicted octanol–water partition coefficient (Wildman–Crippen LogP) is -6.79. The van der Waals surface area contributed by atoms with Gasteiger partial charge in [0.1, 0.15) is 0 Å². The summed E-state index contributed by atoms with van der Waals surface area (Å²) in [6.45, 7) is 2.00. The van der Waals surface area contributed by atoms with E-state index in [0.29, 0.717) is 0 Å². The van der Waals surface area contributed by atoms with Gasteiger partial charge in [0.2, 0.25) is 0 Å². The van der Waals surface area contributed by atoms with Crippen LogP contribution in [-0.2, 0) is 30.9 Å². The van der Waals surface area contributed by atoms with Crippen molar-refractivity contribution in [2.75, 3.05) is 13.2 Å². The molecule has 0 radical (unpaired) electrons. The first kappa shape index (κ1) is 24.3. The van der Waals surface area contributed by atoms with E-state index in [1.807, 2.05) is 30.3 Å². The second-order valence-electron chi connectivity index (χ2n) is 2.28. The summed E-state index contributed by atoms with van der Waals surface area (Å²) in [4.78, 5) is 0. The van der Waals surface area contributed by atoms with Gasteiger partial charge in [-0.15, -0.1) is 0 Å². The Balaban J connectivity index is -0.0000000556. The molecular weight excluding hydrogens is 322 g/mol. The monoisotopic (exact) mass is 332 g/mol. The third-order valence-corrected chi connectivity index (χ3v) is 1.38. The zero-order valence-corrected chi connectivity index (χ0v) is 12.5. The first-order valence-electron chi connectivity index (χ1n) is 3.74. The Morgan fingerprint density at radius 3 is 1.43 bits per heavy atom. The first-order valence-corrected chi connectivity index (χ1v) is 3.74. The van der Waals surface area contributed by atoms with E-state index in [1.54, 1.807) is 0 Å². The van der Waals surface area contributed by atoms with Crippen LogP contribution in [0.5, 0.6) is 0 Å². The third-order valence-electron chi connectivity index (χ3n) is 1.38. The van der Waals surface area contributed by atoms with Gasteiger partial charge < -0.3 is 42.0 Å². The van der Waals surface area contributed by atoms with E-state index < -0.39 is 0 Å². The molecule has 1 aliphatic heterocycles. The summed E-state index contributed by atoms with van der Waals surface area (Å²) in [7, 11) is 0. The first-order chi connectivity index (χ1) is 5.00. The van der Waals surface area contributed by atoms with Gasteiger partial charge in [-0.2, -0.15) is 18.2 Å². The Hall–Kier alpha value is 1.06. The molecule has 1 saturated heterocycles. The normalized spacial score (nSPS) is 11.4. The van der Waals surface area contributed by atoms with Crippen LogP contribution in [0.3, 0.4) is 0 Å². The van der Waals surface area contributed by atoms with Crippen LogP contribution < -0.4 is 37.2 Å². The molecule has 14 heavy (non-hydrogen) atoms. The molecule has 1 aromatic rings. The molecule has 0 saturated carbocycles. The van der Waals surface area contributed by atoms with Crippen LogP contribution in [0.2, 0.25) is 0 Å². The van der Waals surface area contributed by atoms with Crippen molar-refractivity contribution in [3.8, 4) is 0 Å². The van der Waals surface area contributed by atoms with Gasteiger partial charge in [-0.3, -0.25) is 0 Å². The maximum Gasteiger partial charge on any atom is 4.00 e. The molecule has 0 amide bonds. The van der Waals surface area contributed by atoms with Crippen molar-refractivity contribution in [2.24, 2.45) is 0 Å². The molecule has 5 heteroatoms. The van der Waals surface area contributed by atoms with Gasteiger partial charge in [0, 0.05) is 13.2 Å². The topological polar surface area (TPSA) is 9.23 Å². The number of hydrogen-bond donors (Lipinski definition) is 0. The van der Waals surface area contributed by atoms with Crippen LogP contribution in [0.25, 0.3) is 0 Å². The van der Waals surface area contributed by atoms with Crippen molar-refractivity contribution >= 4 is 0 Å². The maximum atomic E-state index is 4.94. The van der Waals surface area contributed by atoms with Gasteiger partial charge in [-0.25, -0.2) is 12.1 Å². The number of hydrogen-bond acceptors (Lipinski definition) is 1. The predicted molar refractivity (Wildman–Crippen MR) is 42.1 cm³/mol. The fourth-order valence-electron chi connectivity index (χ4n) is 0.831. The standard InChI is InChI=1S/C5H5.C4H8O.3ClH.Zr/c2*1-2-4-5-3-1;;;;/h1-5H;1-4H2;3*1H;/q-1;;;;;+4/p-3. The molecule has 80 valence electrons. The van der Waals surface area contributed by atoms with E-state index in [0.717, 1.165) is 13.2 Å². The van der Waals surface area contributed by atoms with Gasteiger partial charge >= 0.3 is 26.2 Å². The average Bonchev–Trinajstić information content (AvgIpc) is 2.67. The molecule has 0 N–H and O–H groups in total. The second kappa shape index (κ2) is 19.6. The van der Waals surface area contributed by atoms with E-state index in [4.69, 9.17) is 4.74 Å². The zero-order valence-electron chi connectivity index (χ0n) is 7.76. The van der Waals surface area contributed by atoms with Crippen LogP contribution >= 0.6 is 0 Å². The minimum Gasteiger partial charge on any atom is -1.00 e. The number of halogens is 3. The molecule has 0 aliphatic carbocycles. The molecule has 0 spiro atoms. The fraction of sp³-hybridized carbons (Fsp3) is 0.444. The molecule has 0 aromatic heterocycles. The van der Waals surface area contributed by atoms with E-state index in [9.17, 15) is 0 Å². The largest absolute Gasteiger partial charge is 4.00 e. The summed E-state index contributed by atoms with van der Waals surface area (Å²) >= 11 is 0. The molecule has 1 aliphatic rings. The van der Waals surface area contributed by atoms with Crippen molar-refractivity contribution in [1.29, 1.82) is 0 Å². The number of rotatable bonds is 0. The minimum atomic E-state index is 0. The summed E-state index contributed by atoms with van der Waals surface area (Å²) in [5, 5.41) is 0. The van der Waals surface area contributed by atoms with Gasteiger partial charge in [0.25, 0.3) is 0 Å². The van der Waals surface area contributed by atoms with Crippen molar-refractivity contribution in [2.45, 2.75) is 12.8 Å². The summed E-state index contributed by atoms with van der Waals surface area (Å²) in [5.74, 6) is 0. The minimum absolute atomic E-state index is 0. The van der Waals surface area contributed by atoms with Crippen LogP contribution in [0, 0.1) is 0 Å². The molecule has 2 rings (SSSR count). The average molecular weight is 335 g/mol. The van der Waals surface area contributed by atoms with E-state index in [2.05, 4.69) is 0 Å². The molecule has 0 unspecified atom stereocenters. The molecule has 1 heterocycles.